The lowest BCUT2D eigenvalue weighted by molar-refractivity contribution is 0.102. The van der Waals surface area contributed by atoms with Gasteiger partial charge in [0, 0.05) is 6.20 Å². The predicted molar refractivity (Wildman–Crippen MR) is 111 cm³/mol. The van der Waals surface area contributed by atoms with Gasteiger partial charge in [-0.05, 0) is 42.5 Å². The molecule has 4 aromatic rings. The number of hydrogen-bond donors (Lipinski definition) is 1. The molecule has 0 saturated heterocycles. The van der Waals surface area contributed by atoms with Gasteiger partial charge in [0.15, 0.2) is 5.69 Å². The molecule has 30 heavy (non-hydrogen) atoms. The zero-order chi connectivity index (χ0) is 21.1. The van der Waals surface area contributed by atoms with E-state index in [0.29, 0.717) is 22.8 Å². The molecular weight excluding hydrogens is 409 g/mol. The number of carbonyl (C=O) groups is 1. The molecule has 0 atom stereocenters. The number of carbonyl (C=O) groups excluding carboxylic acids is 1. The van der Waals surface area contributed by atoms with Gasteiger partial charge in [0.05, 0.1) is 23.5 Å². The SMILES string of the molecule is COc1ccccc1-n1nnc(C(=O)Nc2ccc(F)cc2Cl)c1-c1ccccn1. The van der Waals surface area contributed by atoms with Crippen molar-refractivity contribution < 1.29 is 13.9 Å². The second kappa shape index (κ2) is 8.30. The van der Waals surface area contributed by atoms with E-state index < -0.39 is 11.7 Å². The number of para-hydroxylation sites is 2. The molecule has 7 nitrogen and oxygen atoms in total. The summed E-state index contributed by atoms with van der Waals surface area (Å²) in [4.78, 5) is 17.4. The Bertz CT molecular complexity index is 1210. The van der Waals surface area contributed by atoms with Crippen LogP contribution in [0, 0.1) is 5.82 Å². The number of hydrogen-bond acceptors (Lipinski definition) is 5. The van der Waals surface area contributed by atoms with E-state index in [1.54, 1.807) is 43.6 Å². The Hall–Kier alpha value is -3.78. The summed E-state index contributed by atoms with van der Waals surface area (Å²) >= 11 is 6.03. The lowest BCUT2D eigenvalue weighted by Crippen LogP contribution is -2.15. The van der Waals surface area contributed by atoms with Crippen LogP contribution in [0.15, 0.2) is 66.9 Å². The topological polar surface area (TPSA) is 81.9 Å². The van der Waals surface area contributed by atoms with E-state index in [9.17, 15) is 9.18 Å². The molecule has 0 aliphatic carbocycles. The van der Waals surface area contributed by atoms with Crippen LogP contribution in [0.1, 0.15) is 10.5 Å². The van der Waals surface area contributed by atoms with Crippen molar-refractivity contribution in [3.8, 4) is 22.8 Å². The number of aromatic nitrogens is 4. The predicted octanol–water partition coefficient (Wildman–Crippen LogP) is 4.38. The van der Waals surface area contributed by atoms with Crippen LogP contribution in [0.25, 0.3) is 17.1 Å². The van der Waals surface area contributed by atoms with Gasteiger partial charge in [-0.3, -0.25) is 9.78 Å². The van der Waals surface area contributed by atoms with Crippen LogP contribution in [0.2, 0.25) is 5.02 Å². The first-order valence-corrected chi connectivity index (χ1v) is 9.23. The van der Waals surface area contributed by atoms with E-state index >= 15 is 0 Å². The maximum absolute atomic E-state index is 13.3. The molecule has 2 aromatic carbocycles. The summed E-state index contributed by atoms with van der Waals surface area (Å²) in [6.07, 6.45) is 1.60. The molecular formula is C21H15ClFN5O2. The van der Waals surface area contributed by atoms with Crippen molar-refractivity contribution in [1.82, 2.24) is 20.0 Å². The second-order valence-corrected chi connectivity index (χ2v) is 6.57. The third-order valence-corrected chi connectivity index (χ3v) is 4.60. The number of nitrogens with zero attached hydrogens (tertiary/aromatic N) is 4. The van der Waals surface area contributed by atoms with Crippen LogP contribution in [0.3, 0.4) is 0 Å². The first-order valence-electron chi connectivity index (χ1n) is 8.85. The molecule has 0 aliphatic heterocycles. The summed E-state index contributed by atoms with van der Waals surface area (Å²) in [6.45, 7) is 0. The molecule has 0 spiro atoms. The van der Waals surface area contributed by atoms with Gasteiger partial charge in [-0.2, -0.15) is 0 Å². The Kier molecular flexibility index (Phi) is 5.40. The van der Waals surface area contributed by atoms with Crippen molar-refractivity contribution in [2.24, 2.45) is 0 Å². The third-order valence-electron chi connectivity index (χ3n) is 4.29. The van der Waals surface area contributed by atoms with Crippen molar-refractivity contribution in [2.45, 2.75) is 0 Å². The van der Waals surface area contributed by atoms with E-state index in [1.165, 1.54) is 16.8 Å². The van der Waals surface area contributed by atoms with Crippen molar-refractivity contribution in [2.75, 3.05) is 12.4 Å². The van der Waals surface area contributed by atoms with Crippen LogP contribution in [-0.2, 0) is 0 Å². The van der Waals surface area contributed by atoms with Gasteiger partial charge >= 0.3 is 0 Å². The molecule has 0 unspecified atom stereocenters. The van der Waals surface area contributed by atoms with E-state index in [1.807, 2.05) is 12.1 Å². The Morgan fingerprint density at radius 3 is 2.67 bits per heavy atom. The Morgan fingerprint density at radius 1 is 1.13 bits per heavy atom. The molecule has 150 valence electrons. The van der Waals surface area contributed by atoms with E-state index in [2.05, 4.69) is 20.6 Å². The number of anilines is 1. The number of rotatable bonds is 5. The van der Waals surface area contributed by atoms with Gasteiger partial charge in [0.2, 0.25) is 0 Å². The van der Waals surface area contributed by atoms with E-state index in [0.717, 1.165) is 6.07 Å². The quantitative estimate of drug-likeness (QED) is 0.515. The maximum Gasteiger partial charge on any atom is 0.278 e. The van der Waals surface area contributed by atoms with Crippen molar-refractivity contribution in [3.05, 3.63) is 83.4 Å². The fourth-order valence-corrected chi connectivity index (χ4v) is 3.13. The van der Waals surface area contributed by atoms with Gasteiger partial charge in [0.1, 0.15) is 22.9 Å². The Labute approximate surface area is 176 Å². The molecule has 0 saturated carbocycles. The fourth-order valence-electron chi connectivity index (χ4n) is 2.91. The normalized spacial score (nSPS) is 10.6. The monoisotopic (exact) mass is 423 g/mol. The van der Waals surface area contributed by atoms with Crippen LogP contribution in [0.4, 0.5) is 10.1 Å². The molecule has 0 bridgehead atoms. The first-order chi connectivity index (χ1) is 14.6. The minimum atomic E-state index is -0.565. The number of pyridine rings is 1. The third kappa shape index (κ3) is 3.72. The van der Waals surface area contributed by atoms with Crippen LogP contribution >= 0.6 is 11.6 Å². The zero-order valence-electron chi connectivity index (χ0n) is 15.7. The smallest absolute Gasteiger partial charge is 0.278 e. The lowest BCUT2D eigenvalue weighted by atomic mass is 10.2. The van der Waals surface area contributed by atoms with Gasteiger partial charge < -0.3 is 10.1 Å². The van der Waals surface area contributed by atoms with E-state index in [4.69, 9.17) is 16.3 Å². The molecule has 1 amide bonds. The minimum absolute atomic E-state index is 0.0278. The highest BCUT2D eigenvalue weighted by Crippen LogP contribution is 2.30. The number of benzene rings is 2. The summed E-state index contributed by atoms with van der Waals surface area (Å²) in [5, 5.41) is 11.0. The number of ether oxygens (including phenoxy) is 1. The van der Waals surface area contributed by atoms with E-state index in [-0.39, 0.29) is 16.4 Å². The number of nitrogens with one attached hydrogen (secondary N) is 1. The van der Waals surface area contributed by atoms with Gasteiger partial charge in [0.25, 0.3) is 5.91 Å². The zero-order valence-corrected chi connectivity index (χ0v) is 16.5. The molecule has 2 aromatic heterocycles. The summed E-state index contributed by atoms with van der Waals surface area (Å²) in [7, 11) is 1.54. The second-order valence-electron chi connectivity index (χ2n) is 6.16. The van der Waals surface area contributed by atoms with Crippen LogP contribution < -0.4 is 10.1 Å². The lowest BCUT2D eigenvalue weighted by Gasteiger charge is -2.11. The van der Waals surface area contributed by atoms with Crippen molar-refractivity contribution in [1.29, 1.82) is 0 Å². The highest BCUT2D eigenvalue weighted by Gasteiger charge is 2.25. The average molecular weight is 424 g/mol. The van der Waals surface area contributed by atoms with Gasteiger partial charge in [-0.25, -0.2) is 9.07 Å². The molecule has 1 N–H and O–H groups in total. The average Bonchev–Trinajstić information content (AvgIpc) is 3.21. The van der Waals surface area contributed by atoms with Gasteiger partial charge in [-0.1, -0.05) is 35.0 Å². The fraction of sp³-hybridized carbons (Fsp3) is 0.0476. The largest absolute Gasteiger partial charge is 0.494 e. The van der Waals surface area contributed by atoms with Crippen LogP contribution in [-0.4, -0.2) is 33.0 Å². The first kappa shape index (κ1) is 19.5. The van der Waals surface area contributed by atoms with Crippen molar-refractivity contribution in [3.63, 3.8) is 0 Å². The summed E-state index contributed by atoms with van der Waals surface area (Å²) in [6, 6.07) is 16.2. The standard InChI is InChI=1S/C21H15ClFN5O2/c1-30-18-8-3-2-7-17(18)28-20(16-6-4-5-11-24-16)19(26-27-28)21(29)25-15-10-9-13(23)12-14(15)22/h2-12H,1H3,(H,25,29). The van der Waals surface area contributed by atoms with Crippen molar-refractivity contribution >= 4 is 23.2 Å². The minimum Gasteiger partial charge on any atom is -0.494 e. The number of halogens is 2. The highest BCUT2D eigenvalue weighted by atomic mass is 35.5. The summed E-state index contributed by atoms with van der Waals surface area (Å²) in [5.41, 5.74) is 1.73. The maximum atomic E-state index is 13.3. The summed E-state index contributed by atoms with van der Waals surface area (Å²) < 4.78 is 20.2. The molecule has 2 heterocycles. The number of methoxy groups -OCH3 is 1. The summed E-state index contributed by atoms with van der Waals surface area (Å²) in [5.74, 6) is -0.521. The highest BCUT2D eigenvalue weighted by molar-refractivity contribution is 6.34. The number of amides is 1. The molecule has 9 heteroatoms. The molecule has 4 rings (SSSR count). The van der Waals surface area contributed by atoms with Gasteiger partial charge in [-0.15, -0.1) is 5.10 Å². The molecule has 0 aliphatic rings. The molecule has 0 radical (unpaired) electrons. The van der Waals surface area contributed by atoms with Crippen LogP contribution in [0.5, 0.6) is 5.75 Å². The molecule has 0 fully saturated rings. The Balaban J connectivity index is 1.82. The Morgan fingerprint density at radius 2 is 1.93 bits per heavy atom.